The zero-order valence-corrected chi connectivity index (χ0v) is 13.6. The number of ether oxygens (including phenoxy) is 1. The predicted octanol–water partition coefficient (Wildman–Crippen LogP) is -1.23. The fourth-order valence-corrected chi connectivity index (χ4v) is 2.80. The Labute approximate surface area is 133 Å². The maximum Gasteiger partial charge on any atom is 0.330 e. The van der Waals surface area contributed by atoms with Gasteiger partial charge in [-0.15, -0.1) is 0 Å². The molecular formula is C12H23N5O4S. The van der Waals surface area contributed by atoms with Gasteiger partial charge in [0.2, 0.25) is 5.91 Å². The number of aliphatic hydroxyl groups is 1. The lowest BCUT2D eigenvalue weighted by molar-refractivity contribution is -0.146. The molecule has 126 valence electrons. The number of thioether (sulfide) groups is 1. The average Bonchev–Trinajstić information content (AvgIpc) is 2.93. The number of hydrogen-bond acceptors (Lipinski definition) is 9. The molecule has 1 aliphatic heterocycles. The molecule has 0 aromatic heterocycles. The molecule has 22 heavy (non-hydrogen) atoms. The minimum Gasteiger partial charge on any atom is -0.467 e. The summed E-state index contributed by atoms with van der Waals surface area (Å²) in [5.74, 6) is 0.0488. The van der Waals surface area contributed by atoms with E-state index in [0.29, 0.717) is 5.75 Å². The molecule has 0 aromatic rings. The van der Waals surface area contributed by atoms with Gasteiger partial charge < -0.3 is 20.9 Å². The second-order valence-corrected chi connectivity index (χ2v) is 6.09. The summed E-state index contributed by atoms with van der Waals surface area (Å²) in [6.07, 6.45) is 0.869. The van der Waals surface area contributed by atoms with Crippen molar-refractivity contribution < 1.29 is 19.4 Å². The first kappa shape index (κ1) is 18.7. The summed E-state index contributed by atoms with van der Waals surface area (Å²) in [5.41, 5.74) is 5.76. The Morgan fingerprint density at radius 2 is 2.32 bits per heavy atom. The highest BCUT2D eigenvalue weighted by Gasteiger charge is 2.23. The van der Waals surface area contributed by atoms with Crippen LogP contribution < -0.4 is 11.1 Å². The van der Waals surface area contributed by atoms with Gasteiger partial charge in [0.05, 0.1) is 32.3 Å². The van der Waals surface area contributed by atoms with Crippen LogP contribution in [0.5, 0.6) is 0 Å². The summed E-state index contributed by atoms with van der Waals surface area (Å²) < 4.78 is 4.47. The standard InChI is InChI=1S/C12H23N5O4S/c1-17-5-8(15-16-17)3-4-22-7-9(13)11(19)14-10(6-18)12(20)21-2/h8-10,18H,3-7,13H2,1-2H3,(H,14,19). The molecule has 0 saturated carbocycles. The third-order valence-electron chi connectivity index (χ3n) is 3.06. The van der Waals surface area contributed by atoms with Gasteiger partial charge in [0.15, 0.2) is 6.04 Å². The third-order valence-corrected chi connectivity index (χ3v) is 4.18. The molecule has 1 rings (SSSR count). The number of carbonyl (C=O) groups excluding carboxylic acids is 2. The Hall–Kier alpha value is -1.39. The van der Waals surface area contributed by atoms with Crippen LogP contribution in [0, 0.1) is 0 Å². The summed E-state index contributed by atoms with van der Waals surface area (Å²) in [6, 6.07) is -1.64. The van der Waals surface area contributed by atoms with Gasteiger partial charge in [-0.25, -0.2) is 4.79 Å². The summed E-state index contributed by atoms with van der Waals surface area (Å²) in [6.45, 7) is 0.281. The highest BCUT2D eigenvalue weighted by Crippen LogP contribution is 2.14. The number of rotatable bonds is 9. The SMILES string of the molecule is COC(=O)C(CO)NC(=O)C(N)CSCCC1CN(C)N=N1. The van der Waals surface area contributed by atoms with Crippen LogP contribution in [-0.2, 0) is 14.3 Å². The number of nitrogens with two attached hydrogens (primary N) is 1. The van der Waals surface area contributed by atoms with E-state index in [2.05, 4.69) is 20.4 Å². The van der Waals surface area contributed by atoms with Crippen LogP contribution >= 0.6 is 11.8 Å². The lowest BCUT2D eigenvalue weighted by Crippen LogP contribution is -2.51. The van der Waals surface area contributed by atoms with E-state index in [9.17, 15) is 9.59 Å². The number of nitrogens with one attached hydrogen (secondary N) is 1. The predicted molar refractivity (Wildman–Crippen MR) is 82.2 cm³/mol. The largest absolute Gasteiger partial charge is 0.467 e. The van der Waals surface area contributed by atoms with E-state index in [1.807, 2.05) is 7.05 Å². The number of hydrogen-bond donors (Lipinski definition) is 3. The molecule has 1 heterocycles. The van der Waals surface area contributed by atoms with Crippen molar-refractivity contribution in [1.29, 1.82) is 0 Å². The lowest BCUT2D eigenvalue weighted by atomic mass is 10.2. The second kappa shape index (κ2) is 9.59. The van der Waals surface area contributed by atoms with E-state index in [1.54, 1.807) is 16.8 Å². The molecule has 0 aliphatic carbocycles. The Kier molecular flexibility index (Phi) is 8.13. The highest BCUT2D eigenvalue weighted by molar-refractivity contribution is 7.99. The molecule has 3 unspecified atom stereocenters. The van der Waals surface area contributed by atoms with E-state index in [1.165, 1.54) is 7.11 Å². The van der Waals surface area contributed by atoms with Crippen LogP contribution in [0.2, 0.25) is 0 Å². The van der Waals surface area contributed by atoms with Crippen molar-refractivity contribution >= 4 is 23.6 Å². The molecule has 0 aromatic carbocycles. The maximum atomic E-state index is 11.8. The van der Waals surface area contributed by atoms with Crippen LogP contribution in [-0.4, -0.2) is 78.9 Å². The van der Waals surface area contributed by atoms with E-state index < -0.39 is 30.6 Å². The molecular weight excluding hydrogens is 310 g/mol. The number of methoxy groups -OCH3 is 1. The number of esters is 1. The Bertz CT molecular complexity index is 409. The molecule has 0 fully saturated rings. The smallest absolute Gasteiger partial charge is 0.330 e. The minimum absolute atomic E-state index is 0.195. The molecule has 4 N–H and O–H groups in total. The minimum atomic E-state index is -1.08. The van der Waals surface area contributed by atoms with Crippen LogP contribution in [0.15, 0.2) is 10.3 Å². The maximum absolute atomic E-state index is 11.8. The Morgan fingerprint density at radius 3 is 2.86 bits per heavy atom. The number of amides is 1. The molecule has 0 bridgehead atoms. The van der Waals surface area contributed by atoms with E-state index >= 15 is 0 Å². The first-order chi connectivity index (χ1) is 10.5. The second-order valence-electron chi connectivity index (χ2n) is 4.94. The van der Waals surface area contributed by atoms with Crippen molar-refractivity contribution in [3.8, 4) is 0 Å². The molecule has 3 atom stereocenters. The lowest BCUT2D eigenvalue weighted by Gasteiger charge is -2.17. The molecule has 0 saturated heterocycles. The highest BCUT2D eigenvalue weighted by atomic mass is 32.2. The number of nitrogens with zero attached hydrogens (tertiary/aromatic N) is 3. The van der Waals surface area contributed by atoms with Crippen molar-refractivity contribution in [2.75, 3.05) is 38.8 Å². The van der Waals surface area contributed by atoms with Gasteiger partial charge in [-0.1, -0.05) is 5.22 Å². The molecule has 9 nitrogen and oxygen atoms in total. The van der Waals surface area contributed by atoms with E-state index in [0.717, 1.165) is 18.7 Å². The van der Waals surface area contributed by atoms with Crippen molar-refractivity contribution in [3.05, 3.63) is 0 Å². The van der Waals surface area contributed by atoms with E-state index in [4.69, 9.17) is 10.8 Å². The monoisotopic (exact) mass is 333 g/mol. The number of aliphatic hydroxyl groups excluding tert-OH is 1. The van der Waals surface area contributed by atoms with Gasteiger partial charge in [-0.05, 0) is 12.2 Å². The topological polar surface area (TPSA) is 130 Å². The van der Waals surface area contributed by atoms with Crippen molar-refractivity contribution in [2.24, 2.45) is 16.1 Å². The van der Waals surface area contributed by atoms with Gasteiger partial charge in [0.25, 0.3) is 0 Å². The zero-order valence-electron chi connectivity index (χ0n) is 12.8. The van der Waals surface area contributed by atoms with Gasteiger partial charge >= 0.3 is 5.97 Å². The fourth-order valence-electron chi connectivity index (χ4n) is 1.79. The Balaban J connectivity index is 2.20. The van der Waals surface area contributed by atoms with Crippen molar-refractivity contribution in [2.45, 2.75) is 24.5 Å². The first-order valence-electron chi connectivity index (χ1n) is 6.92. The van der Waals surface area contributed by atoms with Crippen LogP contribution in [0.25, 0.3) is 0 Å². The first-order valence-corrected chi connectivity index (χ1v) is 8.07. The van der Waals surface area contributed by atoms with Gasteiger partial charge in [0.1, 0.15) is 0 Å². The molecule has 1 aliphatic rings. The number of likely N-dealkylation sites (N-methyl/N-ethyl adjacent to an activating group) is 1. The summed E-state index contributed by atoms with van der Waals surface area (Å²) in [7, 11) is 3.06. The fraction of sp³-hybridized carbons (Fsp3) is 0.833. The quantitative estimate of drug-likeness (QED) is 0.356. The average molecular weight is 333 g/mol. The molecule has 1 amide bonds. The van der Waals surface area contributed by atoms with Crippen molar-refractivity contribution in [1.82, 2.24) is 10.3 Å². The summed E-state index contributed by atoms with van der Waals surface area (Å²) in [4.78, 5) is 23.1. The molecule has 0 spiro atoms. The molecule has 0 radical (unpaired) electrons. The van der Waals surface area contributed by atoms with Gasteiger partial charge in [0, 0.05) is 12.8 Å². The van der Waals surface area contributed by atoms with Crippen LogP contribution in [0.4, 0.5) is 0 Å². The normalized spacial score (nSPS) is 19.8. The summed E-state index contributed by atoms with van der Waals surface area (Å²) in [5, 5.41) is 21.2. The van der Waals surface area contributed by atoms with Crippen molar-refractivity contribution in [3.63, 3.8) is 0 Å². The Morgan fingerprint density at radius 1 is 1.59 bits per heavy atom. The summed E-state index contributed by atoms with van der Waals surface area (Å²) >= 11 is 1.54. The van der Waals surface area contributed by atoms with Gasteiger partial charge in [-0.3, -0.25) is 9.80 Å². The third kappa shape index (κ3) is 6.16. The van der Waals surface area contributed by atoms with E-state index in [-0.39, 0.29) is 6.04 Å². The zero-order chi connectivity index (χ0) is 16.5. The van der Waals surface area contributed by atoms with Crippen LogP contribution in [0.3, 0.4) is 0 Å². The van der Waals surface area contributed by atoms with Crippen LogP contribution in [0.1, 0.15) is 6.42 Å². The number of carbonyl (C=O) groups is 2. The van der Waals surface area contributed by atoms with Gasteiger partial charge in [-0.2, -0.15) is 16.9 Å². The molecule has 10 heteroatoms.